The first-order valence-corrected chi connectivity index (χ1v) is 9.02. The third-order valence-corrected chi connectivity index (χ3v) is 0.642. The van der Waals surface area contributed by atoms with Crippen LogP contribution in [0.1, 0.15) is 48.5 Å². The molecule has 0 aromatic rings. The summed E-state index contributed by atoms with van der Waals surface area (Å²) < 4.78 is 0. The Bertz CT molecular complexity index is 391. The summed E-state index contributed by atoms with van der Waals surface area (Å²) in [5.74, 6) is -5.83. The van der Waals surface area contributed by atoms with Crippen LogP contribution in [0.2, 0.25) is 0 Å². The van der Waals surface area contributed by atoms with E-state index in [0.29, 0.717) is 13.1 Å². The standard InChI is InChI=1S/C4H13N3.7C2H4O2/c5-1-3-7-4-2-6;7*1-2(3)4/h7H,1-6H2;7*1H3,(H,3,4). The van der Waals surface area contributed by atoms with Crippen molar-refractivity contribution in [1.82, 2.24) is 5.32 Å². The van der Waals surface area contributed by atoms with Crippen LogP contribution < -0.4 is 16.8 Å². The van der Waals surface area contributed by atoms with Gasteiger partial charge in [-0.3, -0.25) is 33.6 Å². The number of carboxylic acids is 7. The minimum atomic E-state index is -0.833. The van der Waals surface area contributed by atoms with Crippen molar-refractivity contribution >= 4 is 41.8 Å². The summed E-state index contributed by atoms with van der Waals surface area (Å²) in [5, 5.41) is 55.0. The van der Waals surface area contributed by atoms with E-state index in [1.165, 1.54) is 0 Å². The van der Waals surface area contributed by atoms with Crippen LogP contribution in [0.3, 0.4) is 0 Å². The van der Waals surface area contributed by atoms with Gasteiger partial charge in [0.2, 0.25) is 0 Å². The zero-order valence-corrected chi connectivity index (χ0v) is 21.0. The van der Waals surface area contributed by atoms with E-state index in [9.17, 15) is 0 Å². The van der Waals surface area contributed by atoms with E-state index in [1.807, 2.05) is 0 Å². The second kappa shape index (κ2) is 52.2. The minimum absolute atomic E-state index is 0.694. The lowest BCUT2D eigenvalue weighted by Gasteiger charge is -1.95. The molecule has 212 valence electrons. The van der Waals surface area contributed by atoms with Crippen molar-refractivity contribution in [3.63, 3.8) is 0 Å². The molecule has 0 rings (SSSR count). The summed E-state index contributed by atoms with van der Waals surface area (Å²) in [4.78, 5) is 63.0. The van der Waals surface area contributed by atoms with Crippen LogP contribution in [0.15, 0.2) is 0 Å². The smallest absolute Gasteiger partial charge is 0.300 e. The van der Waals surface area contributed by atoms with Gasteiger partial charge in [-0.1, -0.05) is 0 Å². The van der Waals surface area contributed by atoms with Gasteiger partial charge in [0.05, 0.1) is 0 Å². The van der Waals surface area contributed by atoms with E-state index in [0.717, 1.165) is 61.6 Å². The SMILES string of the molecule is CC(=O)O.CC(=O)O.CC(=O)O.CC(=O)O.CC(=O)O.CC(=O)O.CC(=O)O.NCCNCCN. The van der Waals surface area contributed by atoms with Gasteiger partial charge in [-0.05, 0) is 0 Å². The fourth-order valence-corrected chi connectivity index (χ4v) is 0.329. The molecule has 35 heavy (non-hydrogen) atoms. The van der Waals surface area contributed by atoms with Crippen LogP contribution in [0.25, 0.3) is 0 Å². The Morgan fingerprint density at radius 2 is 0.514 bits per heavy atom. The van der Waals surface area contributed by atoms with Gasteiger partial charge in [0.1, 0.15) is 0 Å². The Labute approximate surface area is 203 Å². The molecule has 17 nitrogen and oxygen atoms in total. The van der Waals surface area contributed by atoms with Crippen molar-refractivity contribution in [2.24, 2.45) is 11.5 Å². The zero-order chi connectivity index (χ0) is 30.6. The highest BCUT2D eigenvalue weighted by molar-refractivity contribution is 5.64. The summed E-state index contributed by atoms with van der Waals surface area (Å²) in [6.45, 7) is 10.7. The molecule has 0 heterocycles. The van der Waals surface area contributed by atoms with E-state index >= 15 is 0 Å². The summed E-state index contributed by atoms with van der Waals surface area (Å²) in [6, 6.07) is 0. The third kappa shape index (κ3) is 828000. The number of aliphatic carboxylic acids is 7. The van der Waals surface area contributed by atoms with Gasteiger partial charge in [0, 0.05) is 74.6 Å². The summed E-state index contributed by atoms with van der Waals surface area (Å²) in [6.07, 6.45) is 0. The van der Waals surface area contributed by atoms with Crippen molar-refractivity contribution in [3.05, 3.63) is 0 Å². The Kier molecular flexibility index (Phi) is 78.9. The molecule has 0 saturated heterocycles. The molecule has 0 aromatic carbocycles. The molecule has 12 N–H and O–H groups in total. The molecular formula is C18H41N3O14. The van der Waals surface area contributed by atoms with Gasteiger partial charge in [-0.15, -0.1) is 0 Å². The zero-order valence-electron chi connectivity index (χ0n) is 21.0. The molecule has 0 saturated carbocycles. The van der Waals surface area contributed by atoms with E-state index in [-0.39, 0.29) is 0 Å². The first kappa shape index (κ1) is 52.8. The van der Waals surface area contributed by atoms with E-state index in [2.05, 4.69) is 5.32 Å². The Morgan fingerprint density at radius 1 is 0.429 bits per heavy atom. The maximum absolute atomic E-state index is 9.00. The number of hydrogen-bond acceptors (Lipinski definition) is 10. The predicted molar refractivity (Wildman–Crippen MR) is 124 cm³/mol. The third-order valence-electron chi connectivity index (χ3n) is 0.642. The molecule has 0 spiro atoms. The fraction of sp³-hybridized carbons (Fsp3) is 0.611. The number of nitrogens with one attached hydrogen (secondary N) is 1. The number of rotatable bonds is 4. The van der Waals surface area contributed by atoms with E-state index in [1.54, 1.807) is 0 Å². The topological polar surface area (TPSA) is 325 Å². The van der Waals surface area contributed by atoms with Crippen molar-refractivity contribution in [1.29, 1.82) is 0 Å². The molecule has 0 radical (unpaired) electrons. The highest BCUT2D eigenvalue weighted by Crippen LogP contribution is 1.49. The predicted octanol–water partition coefficient (Wildman–Crippen LogP) is -0.870. The maximum atomic E-state index is 9.00. The number of carbonyl (C=O) groups is 7. The average molecular weight is 524 g/mol. The van der Waals surface area contributed by atoms with Gasteiger partial charge in [0.15, 0.2) is 0 Å². The molecule has 0 aliphatic rings. The van der Waals surface area contributed by atoms with Crippen LogP contribution >= 0.6 is 0 Å². The summed E-state index contributed by atoms with van der Waals surface area (Å²) >= 11 is 0. The molecular weight excluding hydrogens is 482 g/mol. The number of nitrogens with two attached hydrogens (primary N) is 2. The average Bonchev–Trinajstić information content (AvgIpc) is 2.51. The number of hydrogen-bond donors (Lipinski definition) is 10. The van der Waals surface area contributed by atoms with Crippen molar-refractivity contribution in [2.45, 2.75) is 48.5 Å². The lowest BCUT2D eigenvalue weighted by Crippen LogP contribution is -2.27. The number of carboxylic acid groups (broad SMARTS) is 7. The molecule has 17 heteroatoms. The lowest BCUT2D eigenvalue weighted by atomic mass is 10.6. The van der Waals surface area contributed by atoms with Crippen LogP contribution in [0.4, 0.5) is 0 Å². The van der Waals surface area contributed by atoms with Gasteiger partial charge in [-0.2, -0.15) is 0 Å². The minimum Gasteiger partial charge on any atom is -0.481 e. The highest BCUT2D eigenvalue weighted by atomic mass is 16.4. The van der Waals surface area contributed by atoms with Crippen molar-refractivity contribution < 1.29 is 69.3 Å². The first-order chi connectivity index (χ1) is 15.5. The van der Waals surface area contributed by atoms with Crippen molar-refractivity contribution in [2.75, 3.05) is 26.2 Å². The molecule has 0 aliphatic heterocycles. The second-order valence-corrected chi connectivity index (χ2v) is 4.96. The van der Waals surface area contributed by atoms with Crippen LogP contribution in [-0.4, -0.2) is 104 Å². The first-order valence-electron chi connectivity index (χ1n) is 9.02. The Hall–Kier alpha value is -3.83. The largest absolute Gasteiger partial charge is 0.481 e. The molecule has 0 atom stereocenters. The maximum Gasteiger partial charge on any atom is 0.300 e. The molecule has 0 bridgehead atoms. The Balaban J connectivity index is -0.0000000401. The van der Waals surface area contributed by atoms with Gasteiger partial charge in [-0.25, -0.2) is 0 Å². The molecule has 0 unspecified atom stereocenters. The normalized spacial score (nSPS) is 6.89. The van der Waals surface area contributed by atoms with Gasteiger partial charge >= 0.3 is 0 Å². The lowest BCUT2D eigenvalue weighted by molar-refractivity contribution is -0.135. The molecule has 0 aliphatic carbocycles. The summed E-state index contributed by atoms with van der Waals surface area (Å²) in [5.41, 5.74) is 10.3. The van der Waals surface area contributed by atoms with E-state index < -0.39 is 41.8 Å². The van der Waals surface area contributed by atoms with Crippen LogP contribution in [-0.2, 0) is 33.6 Å². The quantitative estimate of drug-likeness (QED) is 0.200. The Morgan fingerprint density at radius 3 is 0.571 bits per heavy atom. The van der Waals surface area contributed by atoms with Crippen LogP contribution in [0, 0.1) is 0 Å². The molecule has 0 fully saturated rings. The second-order valence-electron chi connectivity index (χ2n) is 4.96. The summed E-state index contributed by atoms with van der Waals surface area (Å²) in [7, 11) is 0. The fourth-order valence-electron chi connectivity index (χ4n) is 0.329. The van der Waals surface area contributed by atoms with Gasteiger partial charge < -0.3 is 52.5 Å². The van der Waals surface area contributed by atoms with Crippen LogP contribution in [0.5, 0.6) is 0 Å². The van der Waals surface area contributed by atoms with Crippen molar-refractivity contribution in [3.8, 4) is 0 Å². The molecule has 0 aromatic heterocycles. The molecule has 0 amide bonds. The highest BCUT2D eigenvalue weighted by Gasteiger charge is 1.76. The monoisotopic (exact) mass is 523 g/mol. The van der Waals surface area contributed by atoms with Gasteiger partial charge in [0.25, 0.3) is 41.8 Å². The van der Waals surface area contributed by atoms with E-state index in [4.69, 9.17) is 80.8 Å².